The van der Waals surface area contributed by atoms with E-state index in [9.17, 15) is 9.59 Å². The van der Waals surface area contributed by atoms with E-state index in [1.54, 1.807) is 6.92 Å². The van der Waals surface area contributed by atoms with Gasteiger partial charge in [-0.05, 0) is 25.3 Å². The quantitative estimate of drug-likeness (QED) is 0.815. The van der Waals surface area contributed by atoms with Crippen molar-refractivity contribution >= 4 is 11.9 Å². The molecule has 1 atom stereocenters. The minimum atomic E-state index is -1.04. The van der Waals surface area contributed by atoms with Gasteiger partial charge in [0, 0.05) is 5.69 Å². The first-order valence-corrected chi connectivity index (χ1v) is 5.72. The molecule has 2 N–H and O–H groups in total. The standard InChI is InChI=1S/C12H17N3O3/c1-7(2)4-10(12(17)18)15-11(16)9-5-8(3)13-6-14-9/h5-7,10H,4H2,1-3H3,(H,15,16)(H,17,18)/t10-/m1/s1. The molecule has 18 heavy (non-hydrogen) atoms. The van der Waals surface area contributed by atoms with Gasteiger partial charge in [-0.15, -0.1) is 0 Å². The van der Waals surface area contributed by atoms with E-state index in [0.717, 1.165) is 0 Å². The van der Waals surface area contributed by atoms with Gasteiger partial charge in [0.25, 0.3) is 5.91 Å². The molecule has 0 spiro atoms. The van der Waals surface area contributed by atoms with Crippen molar-refractivity contribution in [3.8, 4) is 0 Å². The number of carbonyl (C=O) groups is 2. The molecule has 1 heterocycles. The third-order valence-electron chi connectivity index (χ3n) is 2.35. The highest BCUT2D eigenvalue weighted by Crippen LogP contribution is 2.06. The van der Waals surface area contributed by atoms with Gasteiger partial charge in [-0.25, -0.2) is 14.8 Å². The maximum atomic E-state index is 11.8. The van der Waals surface area contributed by atoms with E-state index in [1.807, 2.05) is 13.8 Å². The van der Waals surface area contributed by atoms with Gasteiger partial charge < -0.3 is 10.4 Å². The molecule has 1 aromatic rings. The Morgan fingerprint density at radius 1 is 1.39 bits per heavy atom. The van der Waals surface area contributed by atoms with Crippen LogP contribution in [0.25, 0.3) is 0 Å². The largest absolute Gasteiger partial charge is 0.480 e. The monoisotopic (exact) mass is 251 g/mol. The summed E-state index contributed by atoms with van der Waals surface area (Å²) in [4.78, 5) is 30.5. The smallest absolute Gasteiger partial charge is 0.326 e. The summed E-state index contributed by atoms with van der Waals surface area (Å²) >= 11 is 0. The average molecular weight is 251 g/mol. The van der Waals surface area contributed by atoms with Crippen molar-refractivity contribution < 1.29 is 14.7 Å². The summed E-state index contributed by atoms with van der Waals surface area (Å²) < 4.78 is 0. The van der Waals surface area contributed by atoms with Crippen LogP contribution in [0, 0.1) is 12.8 Å². The molecule has 6 nitrogen and oxygen atoms in total. The summed E-state index contributed by atoms with van der Waals surface area (Å²) in [6.07, 6.45) is 1.66. The Kier molecular flexibility index (Phi) is 4.76. The van der Waals surface area contributed by atoms with Gasteiger partial charge in [0.2, 0.25) is 0 Å². The van der Waals surface area contributed by atoms with Crippen molar-refractivity contribution in [2.24, 2.45) is 5.92 Å². The maximum absolute atomic E-state index is 11.8. The van der Waals surface area contributed by atoms with Crippen LogP contribution in [0.1, 0.15) is 36.5 Å². The van der Waals surface area contributed by atoms with Crippen LogP contribution >= 0.6 is 0 Å². The number of amides is 1. The molecule has 0 fully saturated rings. The van der Waals surface area contributed by atoms with Gasteiger partial charge >= 0.3 is 5.97 Å². The number of hydrogen-bond acceptors (Lipinski definition) is 4. The molecule has 0 radical (unpaired) electrons. The fourth-order valence-electron chi connectivity index (χ4n) is 1.50. The Balaban J connectivity index is 2.75. The van der Waals surface area contributed by atoms with Gasteiger partial charge in [-0.2, -0.15) is 0 Å². The van der Waals surface area contributed by atoms with Crippen LogP contribution < -0.4 is 5.32 Å². The number of aliphatic carboxylic acids is 1. The zero-order valence-electron chi connectivity index (χ0n) is 10.7. The molecule has 98 valence electrons. The highest BCUT2D eigenvalue weighted by atomic mass is 16.4. The number of hydrogen-bond donors (Lipinski definition) is 2. The molecular formula is C12H17N3O3. The Labute approximate surface area is 105 Å². The molecule has 1 rings (SSSR count). The SMILES string of the molecule is Cc1cc(C(=O)N[C@H](CC(C)C)C(=O)O)ncn1. The van der Waals surface area contributed by atoms with Crippen molar-refractivity contribution in [1.29, 1.82) is 0 Å². The third-order valence-corrected chi connectivity index (χ3v) is 2.35. The number of nitrogens with one attached hydrogen (secondary N) is 1. The second kappa shape index (κ2) is 6.09. The Bertz CT molecular complexity index is 446. The van der Waals surface area contributed by atoms with Crippen molar-refractivity contribution in [3.05, 3.63) is 23.8 Å². The van der Waals surface area contributed by atoms with Gasteiger partial charge in [-0.3, -0.25) is 4.79 Å². The van der Waals surface area contributed by atoms with Crippen LogP contribution in [0.2, 0.25) is 0 Å². The number of nitrogens with zero attached hydrogens (tertiary/aromatic N) is 2. The lowest BCUT2D eigenvalue weighted by Gasteiger charge is -2.16. The molecule has 0 unspecified atom stereocenters. The van der Waals surface area contributed by atoms with Crippen molar-refractivity contribution in [2.75, 3.05) is 0 Å². The fraction of sp³-hybridized carbons (Fsp3) is 0.500. The lowest BCUT2D eigenvalue weighted by atomic mass is 10.0. The number of rotatable bonds is 5. The number of carboxylic acids is 1. The first kappa shape index (κ1) is 14.1. The van der Waals surface area contributed by atoms with E-state index < -0.39 is 17.9 Å². The van der Waals surface area contributed by atoms with Crippen LogP contribution in [-0.2, 0) is 4.79 Å². The Hall–Kier alpha value is -1.98. The predicted octanol–water partition coefficient (Wildman–Crippen LogP) is 1.01. The zero-order valence-corrected chi connectivity index (χ0v) is 10.7. The van der Waals surface area contributed by atoms with Crippen LogP contribution in [-0.4, -0.2) is 33.0 Å². The summed E-state index contributed by atoms with van der Waals surface area (Å²) in [5, 5.41) is 11.5. The molecule has 0 aromatic carbocycles. The molecule has 1 aromatic heterocycles. The topological polar surface area (TPSA) is 92.2 Å². The molecule has 0 saturated heterocycles. The van der Waals surface area contributed by atoms with Crippen LogP contribution in [0.15, 0.2) is 12.4 Å². The molecule has 6 heteroatoms. The molecule has 0 saturated carbocycles. The molecule has 0 aliphatic carbocycles. The number of carboxylic acid groups (broad SMARTS) is 1. The van der Waals surface area contributed by atoms with Crippen LogP contribution in [0.3, 0.4) is 0 Å². The van der Waals surface area contributed by atoms with Gasteiger partial charge in [0.05, 0.1) is 0 Å². The van der Waals surface area contributed by atoms with E-state index in [0.29, 0.717) is 12.1 Å². The van der Waals surface area contributed by atoms with Crippen LogP contribution in [0.4, 0.5) is 0 Å². The number of carbonyl (C=O) groups excluding carboxylic acids is 1. The summed E-state index contributed by atoms with van der Waals surface area (Å²) in [7, 11) is 0. The Morgan fingerprint density at radius 3 is 2.56 bits per heavy atom. The van der Waals surface area contributed by atoms with E-state index in [2.05, 4.69) is 15.3 Å². The minimum absolute atomic E-state index is 0.178. The second-order valence-corrected chi connectivity index (χ2v) is 4.54. The third kappa shape index (κ3) is 4.12. The van der Waals surface area contributed by atoms with Crippen LogP contribution in [0.5, 0.6) is 0 Å². The van der Waals surface area contributed by atoms with Gasteiger partial charge in [0.1, 0.15) is 18.1 Å². The van der Waals surface area contributed by atoms with Crippen molar-refractivity contribution in [3.63, 3.8) is 0 Å². The number of aryl methyl sites for hydroxylation is 1. The van der Waals surface area contributed by atoms with E-state index in [1.165, 1.54) is 12.4 Å². The zero-order chi connectivity index (χ0) is 13.7. The molecule has 1 amide bonds. The summed E-state index contributed by atoms with van der Waals surface area (Å²) in [5.74, 6) is -1.35. The molecule has 0 aliphatic rings. The van der Waals surface area contributed by atoms with Crippen molar-refractivity contribution in [2.45, 2.75) is 33.2 Å². The highest BCUT2D eigenvalue weighted by Gasteiger charge is 2.22. The number of aromatic nitrogens is 2. The lowest BCUT2D eigenvalue weighted by molar-refractivity contribution is -0.139. The predicted molar refractivity (Wildman–Crippen MR) is 65.1 cm³/mol. The second-order valence-electron chi connectivity index (χ2n) is 4.54. The average Bonchev–Trinajstić information content (AvgIpc) is 2.27. The summed E-state index contributed by atoms with van der Waals surface area (Å²) in [6.45, 7) is 5.54. The highest BCUT2D eigenvalue weighted by molar-refractivity contribution is 5.94. The normalized spacial score (nSPS) is 12.2. The van der Waals surface area contributed by atoms with Gasteiger partial charge in [0.15, 0.2) is 0 Å². The maximum Gasteiger partial charge on any atom is 0.326 e. The minimum Gasteiger partial charge on any atom is -0.480 e. The molecular weight excluding hydrogens is 234 g/mol. The van der Waals surface area contributed by atoms with Crippen molar-refractivity contribution in [1.82, 2.24) is 15.3 Å². The summed E-state index contributed by atoms with van der Waals surface area (Å²) in [5.41, 5.74) is 0.836. The Morgan fingerprint density at radius 2 is 2.06 bits per heavy atom. The lowest BCUT2D eigenvalue weighted by Crippen LogP contribution is -2.41. The van der Waals surface area contributed by atoms with E-state index in [-0.39, 0.29) is 11.6 Å². The first-order valence-electron chi connectivity index (χ1n) is 5.72. The summed E-state index contributed by atoms with van der Waals surface area (Å²) in [6, 6.07) is 0.622. The molecule has 0 aliphatic heterocycles. The van der Waals surface area contributed by atoms with E-state index in [4.69, 9.17) is 5.11 Å². The molecule has 0 bridgehead atoms. The first-order chi connectivity index (χ1) is 8.40. The fourth-order valence-corrected chi connectivity index (χ4v) is 1.50. The van der Waals surface area contributed by atoms with Gasteiger partial charge in [-0.1, -0.05) is 13.8 Å². The van der Waals surface area contributed by atoms with E-state index >= 15 is 0 Å².